The first-order valence-corrected chi connectivity index (χ1v) is 21.8. The fourth-order valence-corrected chi connectivity index (χ4v) is 9.93. The van der Waals surface area contributed by atoms with Gasteiger partial charge in [0.2, 0.25) is 0 Å². The largest absolute Gasteiger partial charge is 0.545 e. The predicted molar refractivity (Wildman–Crippen MR) is 265 cm³/mol. The SMILES string of the molecule is O=C(NC(Cc1ccc(O)cc1)C(=O)O)c1ccc([PH+](c2ccccc2)c2ccccc2)cc1.[CH-]=O.[CH-]=O.[CH-]=O.[Re].c1ccc(-c2ccnc3c2ccc2c(-c4ccccc4)ccnc23)cc1. The molecule has 2 heterocycles. The van der Waals surface area contributed by atoms with E-state index in [0.29, 0.717) is 11.1 Å². The second kappa shape index (κ2) is 26.9. The molecule has 3 N–H and O–H groups in total. The maximum atomic E-state index is 12.8. The fraction of sp³-hybridized carbons (Fsp3) is 0.0364. The van der Waals surface area contributed by atoms with E-state index in [1.807, 2.05) is 73.1 Å². The number of carbonyl (C=O) groups excluding carboxylic acids is 4. The molecule has 1 unspecified atom stereocenters. The molecule has 0 saturated carbocycles. The Morgan fingerprint density at radius 3 is 1.30 bits per heavy atom. The van der Waals surface area contributed by atoms with Crippen LogP contribution in [-0.4, -0.2) is 58.5 Å². The summed E-state index contributed by atoms with van der Waals surface area (Å²) in [5, 5.41) is 27.5. The minimum absolute atomic E-state index is 0. The Labute approximate surface area is 403 Å². The van der Waals surface area contributed by atoms with Gasteiger partial charge in [0, 0.05) is 55.6 Å². The normalized spacial score (nSPS) is 10.4. The first kappa shape index (κ1) is 51.8. The Hall–Kier alpha value is -7.80. The molecule has 0 spiro atoms. The van der Waals surface area contributed by atoms with Gasteiger partial charge in [-0.2, -0.15) is 0 Å². The molecule has 67 heavy (non-hydrogen) atoms. The number of phenolic OH excluding ortho intramolecular Hbond substituents is 1. The summed E-state index contributed by atoms with van der Waals surface area (Å²) in [4.78, 5) is 57.1. The summed E-state index contributed by atoms with van der Waals surface area (Å²) in [6.07, 6.45) is 3.87. The molecule has 0 saturated heterocycles. The van der Waals surface area contributed by atoms with E-state index in [1.165, 1.54) is 45.0 Å². The summed E-state index contributed by atoms with van der Waals surface area (Å²) in [6.45, 7) is 9.75. The van der Waals surface area contributed by atoms with Gasteiger partial charge in [-0.15, -0.1) is 0 Å². The Bertz CT molecular complexity index is 2790. The number of carboxylic acid groups (broad SMARTS) is 1. The second-order valence-electron chi connectivity index (χ2n) is 14.2. The molecule has 0 aliphatic heterocycles. The molecule has 2 aromatic heterocycles. The molecule has 0 bridgehead atoms. The van der Waals surface area contributed by atoms with Crippen molar-refractivity contribution in [3.8, 4) is 28.0 Å². The topological polar surface area (TPSA) is 164 Å². The van der Waals surface area contributed by atoms with Gasteiger partial charge in [0.25, 0.3) is 5.91 Å². The van der Waals surface area contributed by atoms with Crippen LogP contribution in [0.1, 0.15) is 15.9 Å². The van der Waals surface area contributed by atoms with Gasteiger partial charge in [-0.3, -0.25) is 35.1 Å². The summed E-state index contributed by atoms with van der Waals surface area (Å²) in [5.74, 6) is -1.45. The number of carbonyl (C=O) groups is 2. The quantitative estimate of drug-likeness (QED) is 0.0527. The van der Waals surface area contributed by atoms with Crippen molar-refractivity contribution in [1.82, 2.24) is 15.3 Å². The standard InChI is InChI=1S/C28H24NO4P.C24H16N2.3CHO.Re/c30-22-15-11-20(12-16-22)19-26(28(32)33)29-27(31)21-13-17-25(18-14-21)34(23-7-3-1-4-8-23)24-9-5-2-6-10-24;1-3-7-17(8-4-1)19-13-15-25-23-21(19)11-12-22-20(14-16-26-24(22)23)18-9-5-2-6-10-18;3*1-2;/h1-18,26,30H,19H2,(H,29,31)(H,32,33);1-16H;3*1H;/q;;3*-1;/p+1. The Morgan fingerprint density at radius 1 is 0.507 bits per heavy atom. The van der Waals surface area contributed by atoms with Gasteiger partial charge in [-0.25, -0.2) is 4.79 Å². The van der Waals surface area contributed by atoms with Gasteiger partial charge >= 0.3 is 5.97 Å². The number of nitrogens with zero attached hydrogens (tertiary/aromatic N) is 2. The van der Waals surface area contributed by atoms with E-state index < -0.39 is 25.8 Å². The molecule has 12 heteroatoms. The molecule has 9 aromatic rings. The number of carboxylic acids is 1. The Balaban J connectivity index is 0.000000266. The predicted octanol–water partition coefficient (Wildman–Crippen LogP) is 8.60. The number of fused-ring (bicyclic) bond motifs is 3. The third-order valence-corrected chi connectivity index (χ3v) is 13.1. The zero-order valence-corrected chi connectivity index (χ0v) is 39.6. The van der Waals surface area contributed by atoms with Gasteiger partial charge in [0.1, 0.15) is 27.7 Å². The van der Waals surface area contributed by atoms with Crippen molar-refractivity contribution in [2.75, 3.05) is 0 Å². The van der Waals surface area contributed by atoms with Gasteiger partial charge in [-0.1, -0.05) is 121 Å². The number of hydrogen-bond donors (Lipinski definition) is 3. The van der Waals surface area contributed by atoms with Crippen LogP contribution in [0.4, 0.5) is 0 Å². The molecular formula is C55H44N3O7PRe-2. The van der Waals surface area contributed by atoms with Crippen molar-refractivity contribution in [3.05, 3.63) is 218 Å². The van der Waals surface area contributed by atoms with Crippen LogP contribution in [-0.2, 0) is 46.0 Å². The van der Waals surface area contributed by atoms with Crippen LogP contribution >= 0.6 is 7.92 Å². The summed E-state index contributed by atoms with van der Waals surface area (Å²) < 4.78 is 0. The van der Waals surface area contributed by atoms with E-state index in [2.05, 4.69) is 133 Å². The smallest absolute Gasteiger partial charge is 0.326 e. The van der Waals surface area contributed by atoms with Crippen molar-refractivity contribution in [2.45, 2.75) is 12.5 Å². The van der Waals surface area contributed by atoms with Crippen molar-refractivity contribution < 1.29 is 54.6 Å². The number of benzene rings is 7. The maximum Gasteiger partial charge on any atom is 0.326 e. The van der Waals surface area contributed by atoms with Crippen LogP contribution < -0.4 is 21.2 Å². The van der Waals surface area contributed by atoms with E-state index in [1.54, 1.807) is 24.3 Å². The molecule has 0 aliphatic carbocycles. The number of rotatable bonds is 10. The number of aromatic hydroxyl groups is 1. The van der Waals surface area contributed by atoms with Crippen LogP contribution in [0.15, 0.2) is 207 Å². The minimum Gasteiger partial charge on any atom is -0.545 e. The molecule has 0 fully saturated rings. The molecule has 1 radical (unpaired) electrons. The van der Waals surface area contributed by atoms with E-state index in [9.17, 15) is 19.8 Å². The number of nitrogens with one attached hydrogen (secondary N) is 1. The van der Waals surface area contributed by atoms with Crippen molar-refractivity contribution >= 4 is 77.9 Å². The molecule has 1 amide bonds. The molecular weight excluding hydrogens is 1030 g/mol. The molecule has 7 aromatic carbocycles. The van der Waals surface area contributed by atoms with Gasteiger partial charge in [0.05, 0.1) is 19.0 Å². The van der Waals surface area contributed by atoms with Crippen LogP contribution in [0.5, 0.6) is 5.75 Å². The average Bonchev–Trinajstić information content (AvgIpc) is 3.39. The number of pyridine rings is 2. The average molecular weight is 1080 g/mol. The van der Waals surface area contributed by atoms with Crippen LogP contribution in [0.3, 0.4) is 0 Å². The molecule has 10 nitrogen and oxygen atoms in total. The van der Waals surface area contributed by atoms with Gasteiger partial charge < -0.3 is 29.9 Å². The number of amides is 1. The third kappa shape index (κ3) is 13.4. The number of hydrogen-bond acceptors (Lipinski definition) is 8. The zero-order valence-electron chi connectivity index (χ0n) is 35.9. The van der Waals surface area contributed by atoms with Gasteiger partial charge in [-0.05, 0) is 101 Å². The molecule has 1 atom stereocenters. The van der Waals surface area contributed by atoms with Crippen LogP contribution in [0, 0.1) is 0 Å². The summed E-state index contributed by atoms with van der Waals surface area (Å²) in [5.41, 5.74) is 7.76. The van der Waals surface area contributed by atoms with Crippen molar-refractivity contribution in [3.63, 3.8) is 0 Å². The summed E-state index contributed by atoms with van der Waals surface area (Å²) in [7, 11) is -1.25. The number of phenols is 1. The van der Waals surface area contributed by atoms with Crippen molar-refractivity contribution in [1.29, 1.82) is 0 Å². The maximum absolute atomic E-state index is 12.8. The monoisotopic (exact) mass is 1080 g/mol. The van der Waals surface area contributed by atoms with Crippen LogP contribution in [0.25, 0.3) is 44.1 Å². The molecule has 0 aliphatic rings. The second-order valence-corrected chi connectivity index (χ2v) is 16.7. The van der Waals surface area contributed by atoms with E-state index in [-0.39, 0.29) is 32.6 Å². The Kier molecular flexibility index (Phi) is 20.8. The van der Waals surface area contributed by atoms with E-state index in [0.717, 1.165) is 27.1 Å². The number of aliphatic carboxylic acids is 1. The number of aromatic nitrogens is 2. The first-order chi connectivity index (χ1) is 32.4. The van der Waals surface area contributed by atoms with Crippen molar-refractivity contribution in [2.24, 2.45) is 0 Å². The fourth-order valence-electron chi connectivity index (χ4n) is 7.37. The molecule has 9 rings (SSSR count). The van der Waals surface area contributed by atoms with E-state index in [4.69, 9.17) is 14.4 Å². The molecule has 335 valence electrons. The first-order valence-electron chi connectivity index (χ1n) is 20.3. The third-order valence-electron chi connectivity index (χ3n) is 10.3. The summed E-state index contributed by atoms with van der Waals surface area (Å²) >= 11 is 0. The Morgan fingerprint density at radius 2 is 0.896 bits per heavy atom. The zero-order chi connectivity index (χ0) is 47.3. The van der Waals surface area contributed by atoms with E-state index >= 15 is 0 Å². The van der Waals surface area contributed by atoms with Crippen LogP contribution in [0.2, 0.25) is 0 Å². The summed E-state index contributed by atoms with van der Waals surface area (Å²) in [6, 6.07) is 62.6. The minimum atomic E-state index is -1.25. The van der Waals surface area contributed by atoms with Gasteiger partial charge in [0.15, 0.2) is 0 Å².